The van der Waals surface area contributed by atoms with Crippen LogP contribution in [0, 0.1) is 0 Å². The van der Waals surface area contributed by atoms with Crippen molar-refractivity contribution in [2.75, 3.05) is 20.3 Å². The predicted octanol–water partition coefficient (Wildman–Crippen LogP) is 4.07. The Morgan fingerprint density at radius 2 is 2.03 bits per heavy atom. The lowest BCUT2D eigenvalue weighted by Gasteiger charge is -2.14. The number of benzene rings is 1. The van der Waals surface area contributed by atoms with Crippen LogP contribution in [0.4, 0.5) is 5.00 Å². The highest BCUT2D eigenvalue weighted by Gasteiger charge is 2.26. The van der Waals surface area contributed by atoms with E-state index in [1.54, 1.807) is 29.7 Å². The molecule has 0 spiro atoms. The molecule has 1 aliphatic carbocycles. The number of hydrogen-bond acceptors (Lipinski definition) is 6. The first kappa shape index (κ1) is 20.8. The third-order valence-corrected chi connectivity index (χ3v) is 6.76. The van der Waals surface area contributed by atoms with Crippen LogP contribution in [0.15, 0.2) is 29.3 Å². The Morgan fingerprint density at radius 1 is 1.23 bits per heavy atom. The lowest BCUT2D eigenvalue weighted by Crippen LogP contribution is -2.32. The van der Waals surface area contributed by atoms with Gasteiger partial charge in [0.1, 0.15) is 5.00 Å². The number of carbonyl (C=O) groups excluding carboxylic acids is 2. The number of rotatable bonds is 6. The molecule has 1 fully saturated rings. The number of nitrogens with one attached hydrogen (secondary N) is 1. The number of methoxy groups -OCH3 is 1. The Labute approximate surface area is 180 Å². The molecule has 6 nitrogen and oxygen atoms in total. The maximum Gasteiger partial charge on any atom is 0.337 e. The summed E-state index contributed by atoms with van der Waals surface area (Å²) in [6.45, 7) is 1.32. The molecule has 2 aliphatic rings. The van der Waals surface area contributed by atoms with E-state index in [0.717, 1.165) is 66.8 Å². The molecule has 2 aromatic rings. The molecule has 1 saturated heterocycles. The monoisotopic (exact) mass is 426 g/mol. The van der Waals surface area contributed by atoms with Crippen LogP contribution in [0.1, 0.15) is 62.4 Å². The zero-order chi connectivity index (χ0) is 20.9. The number of carbonyl (C=O) groups is 2. The van der Waals surface area contributed by atoms with Crippen molar-refractivity contribution in [3.63, 3.8) is 0 Å². The molecule has 30 heavy (non-hydrogen) atoms. The Kier molecular flexibility index (Phi) is 6.59. The van der Waals surface area contributed by atoms with Gasteiger partial charge in [-0.3, -0.25) is 4.79 Å². The normalized spacial score (nSPS) is 18.4. The Hall–Kier alpha value is -2.51. The molecule has 1 N–H and O–H groups in total. The molecule has 1 aliphatic heterocycles. The van der Waals surface area contributed by atoms with E-state index in [-0.39, 0.29) is 18.0 Å². The summed E-state index contributed by atoms with van der Waals surface area (Å²) in [6.07, 6.45) is 8.11. The van der Waals surface area contributed by atoms with Gasteiger partial charge in [0.15, 0.2) is 0 Å². The van der Waals surface area contributed by atoms with Gasteiger partial charge in [0.2, 0.25) is 0 Å². The first-order valence-electron chi connectivity index (χ1n) is 10.4. The number of fused-ring (bicyclic) bond motifs is 1. The van der Waals surface area contributed by atoms with E-state index in [1.165, 1.54) is 12.0 Å². The molecule has 0 saturated carbocycles. The van der Waals surface area contributed by atoms with Crippen LogP contribution in [0.2, 0.25) is 0 Å². The smallest absolute Gasteiger partial charge is 0.337 e. The summed E-state index contributed by atoms with van der Waals surface area (Å²) in [5.41, 5.74) is 3.23. The average Bonchev–Trinajstić information content (AvgIpc) is 3.43. The maximum atomic E-state index is 13.0. The van der Waals surface area contributed by atoms with Gasteiger partial charge in [0.05, 0.1) is 24.3 Å². The summed E-state index contributed by atoms with van der Waals surface area (Å²) >= 11 is 1.62. The van der Waals surface area contributed by atoms with Crippen LogP contribution in [0.5, 0.6) is 0 Å². The number of amides is 1. The lowest BCUT2D eigenvalue weighted by atomic mass is 9.95. The molecule has 2 heterocycles. The molecular weight excluding hydrogens is 400 g/mol. The van der Waals surface area contributed by atoms with Crippen molar-refractivity contribution in [3.05, 3.63) is 51.4 Å². The largest absolute Gasteiger partial charge is 0.465 e. The number of hydrogen-bond donors (Lipinski definition) is 1. The third-order valence-electron chi connectivity index (χ3n) is 5.56. The molecule has 158 valence electrons. The van der Waals surface area contributed by atoms with Gasteiger partial charge in [0.25, 0.3) is 5.91 Å². The van der Waals surface area contributed by atoms with E-state index >= 15 is 0 Å². The molecular formula is C23H26N2O4S. The van der Waals surface area contributed by atoms with Crippen molar-refractivity contribution in [1.82, 2.24) is 5.32 Å². The highest BCUT2D eigenvalue weighted by molar-refractivity contribution is 7.16. The van der Waals surface area contributed by atoms with Gasteiger partial charge < -0.3 is 14.8 Å². The van der Waals surface area contributed by atoms with E-state index < -0.39 is 0 Å². The lowest BCUT2D eigenvalue weighted by molar-refractivity contribution is 0.0600. The van der Waals surface area contributed by atoms with Gasteiger partial charge in [-0.15, -0.1) is 11.3 Å². The van der Waals surface area contributed by atoms with Gasteiger partial charge >= 0.3 is 5.97 Å². The number of esters is 1. The Bertz CT molecular complexity index is 943. The zero-order valence-electron chi connectivity index (χ0n) is 17.1. The van der Waals surface area contributed by atoms with Crippen molar-refractivity contribution in [2.24, 2.45) is 4.99 Å². The van der Waals surface area contributed by atoms with Gasteiger partial charge in [-0.25, -0.2) is 9.79 Å². The van der Waals surface area contributed by atoms with E-state index in [4.69, 9.17) is 9.47 Å². The predicted molar refractivity (Wildman–Crippen MR) is 117 cm³/mol. The summed E-state index contributed by atoms with van der Waals surface area (Å²) in [7, 11) is 1.36. The highest BCUT2D eigenvalue weighted by Crippen LogP contribution is 2.39. The number of nitrogens with zero attached hydrogens (tertiary/aromatic N) is 1. The standard InChI is InChI=1S/C23H26N2O4S/c1-28-23(27)16-10-8-15(9-11-16)13-25-22-20(18-6-2-3-7-19(18)30-22)21(26)24-14-17-5-4-12-29-17/h8-11,13,17H,2-7,12,14H2,1H3,(H,24,26)/b25-13+. The minimum atomic E-state index is -0.366. The van der Waals surface area contributed by atoms with Crippen LogP contribution < -0.4 is 5.32 Å². The Morgan fingerprint density at radius 3 is 2.77 bits per heavy atom. The summed E-state index contributed by atoms with van der Waals surface area (Å²) in [5.74, 6) is -0.423. The van der Waals surface area contributed by atoms with Crippen molar-refractivity contribution >= 4 is 34.4 Å². The average molecular weight is 427 g/mol. The summed E-state index contributed by atoms with van der Waals surface area (Å²) in [6, 6.07) is 7.06. The molecule has 0 bridgehead atoms. The number of aryl methyl sites for hydroxylation is 1. The van der Waals surface area contributed by atoms with Crippen LogP contribution in [0.3, 0.4) is 0 Å². The minimum Gasteiger partial charge on any atom is -0.465 e. The van der Waals surface area contributed by atoms with Crippen LogP contribution in [0.25, 0.3) is 0 Å². The van der Waals surface area contributed by atoms with Crippen LogP contribution in [-0.4, -0.2) is 44.5 Å². The second kappa shape index (κ2) is 9.53. The van der Waals surface area contributed by atoms with Crippen molar-refractivity contribution in [2.45, 2.75) is 44.6 Å². The first-order chi connectivity index (χ1) is 14.7. The topological polar surface area (TPSA) is 77.0 Å². The van der Waals surface area contributed by atoms with Crippen LogP contribution >= 0.6 is 11.3 Å². The fourth-order valence-electron chi connectivity index (χ4n) is 3.93. The number of thiophene rings is 1. The molecule has 4 rings (SSSR count). The number of aliphatic imine (C=N–C) groups is 1. The van der Waals surface area contributed by atoms with Crippen molar-refractivity contribution in [3.8, 4) is 0 Å². The quantitative estimate of drug-likeness (QED) is 0.558. The minimum absolute atomic E-state index is 0.0573. The molecule has 1 aromatic carbocycles. The SMILES string of the molecule is COC(=O)c1ccc(/C=N/c2sc3c(c2C(=O)NCC2CCCO2)CCCC3)cc1. The summed E-state index contributed by atoms with van der Waals surface area (Å²) < 4.78 is 10.4. The molecule has 1 atom stereocenters. The molecule has 0 radical (unpaired) electrons. The third kappa shape index (κ3) is 4.63. The zero-order valence-corrected chi connectivity index (χ0v) is 17.9. The second-order valence-electron chi connectivity index (χ2n) is 7.61. The van der Waals surface area contributed by atoms with E-state index in [9.17, 15) is 9.59 Å². The maximum absolute atomic E-state index is 13.0. The second-order valence-corrected chi connectivity index (χ2v) is 8.69. The van der Waals surface area contributed by atoms with Crippen molar-refractivity contribution in [1.29, 1.82) is 0 Å². The Balaban J connectivity index is 1.54. The van der Waals surface area contributed by atoms with Gasteiger partial charge in [-0.05, 0) is 61.8 Å². The van der Waals surface area contributed by atoms with Gasteiger partial charge in [-0.2, -0.15) is 0 Å². The molecule has 7 heteroatoms. The van der Waals surface area contributed by atoms with Gasteiger partial charge in [-0.1, -0.05) is 12.1 Å². The fourth-order valence-corrected chi connectivity index (χ4v) is 5.16. The van der Waals surface area contributed by atoms with Crippen molar-refractivity contribution < 1.29 is 19.1 Å². The van der Waals surface area contributed by atoms with E-state index in [2.05, 4.69) is 10.3 Å². The molecule has 1 unspecified atom stereocenters. The fraction of sp³-hybridized carbons (Fsp3) is 0.435. The highest BCUT2D eigenvalue weighted by atomic mass is 32.1. The van der Waals surface area contributed by atoms with E-state index in [1.807, 2.05) is 12.1 Å². The number of ether oxygens (including phenoxy) is 2. The van der Waals surface area contributed by atoms with Crippen LogP contribution in [-0.2, 0) is 22.3 Å². The van der Waals surface area contributed by atoms with Gasteiger partial charge in [0, 0.05) is 24.2 Å². The summed E-state index contributed by atoms with van der Waals surface area (Å²) in [4.78, 5) is 30.6. The first-order valence-corrected chi connectivity index (χ1v) is 11.2. The molecule has 1 amide bonds. The van der Waals surface area contributed by atoms with E-state index in [0.29, 0.717) is 12.1 Å². The molecule has 1 aromatic heterocycles. The summed E-state index contributed by atoms with van der Waals surface area (Å²) in [5, 5.41) is 3.81.